The molecular weight excluding hydrogens is 318 g/mol. The van der Waals surface area contributed by atoms with Crippen molar-refractivity contribution in [3.8, 4) is 0 Å². The summed E-state index contributed by atoms with van der Waals surface area (Å²) in [6.07, 6.45) is 6.49. The summed E-state index contributed by atoms with van der Waals surface area (Å²) in [6, 6.07) is 2.28. The standard InChI is InChI=1S/C18H29N5O2/c1-14(2)18(25)22-11-9-21(10-12-22)13-17(24)20-16-7-8-19-23(16)15-5-3-4-6-15/h7-8,14-15H,3-6,9-13H2,1-2H3,(H,20,24). The maximum atomic E-state index is 12.4. The Morgan fingerprint density at radius 2 is 1.88 bits per heavy atom. The maximum absolute atomic E-state index is 12.4. The van der Waals surface area contributed by atoms with Crippen molar-refractivity contribution in [1.82, 2.24) is 19.6 Å². The van der Waals surface area contributed by atoms with Crippen LogP contribution in [0.25, 0.3) is 0 Å². The Balaban J connectivity index is 1.48. The predicted molar refractivity (Wildman–Crippen MR) is 96.2 cm³/mol. The summed E-state index contributed by atoms with van der Waals surface area (Å²) in [4.78, 5) is 28.4. The Bertz CT molecular complexity index is 598. The van der Waals surface area contributed by atoms with Crippen LogP contribution in [0.1, 0.15) is 45.6 Å². The van der Waals surface area contributed by atoms with E-state index in [2.05, 4.69) is 15.3 Å². The largest absolute Gasteiger partial charge is 0.340 e. The highest BCUT2D eigenvalue weighted by Gasteiger charge is 2.25. The Morgan fingerprint density at radius 1 is 1.20 bits per heavy atom. The van der Waals surface area contributed by atoms with Crippen LogP contribution in [0.15, 0.2) is 12.3 Å². The van der Waals surface area contributed by atoms with Crippen LogP contribution < -0.4 is 5.32 Å². The van der Waals surface area contributed by atoms with Crippen molar-refractivity contribution in [2.24, 2.45) is 5.92 Å². The van der Waals surface area contributed by atoms with E-state index in [-0.39, 0.29) is 17.7 Å². The Morgan fingerprint density at radius 3 is 2.52 bits per heavy atom. The minimum Gasteiger partial charge on any atom is -0.340 e. The number of piperazine rings is 1. The average molecular weight is 347 g/mol. The molecule has 2 amide bonds. The fraction of sp³-hybridized carbons (Fsp3) is 0.722. The summed E-state index contributed by atoms with van der Waals surface area (Å²) in [5.74, 6) is 1.02. The molecule has 1 saturated heterocycles. The van der Waals surface area contributed by atoms with Gasteiger partial charge < -0.3 is 10.2 Å². The molecule has 0 unspecified atom stereocenters. The van der Waals surface area contributed by atoms with Crippen molar-refractivity contribution in [2.75, 3.05) is 38.0 Å². The molecule has 1 N–H and O–H groups in total. The molecule has 0 atom stereocenters. The van der Waals surface area contributed by atoms with Gasteiger partial charge in [0, 0.05) is 38.2 Å². The highest BCUT2D eigenvalue weighted by Crippen LogP contribution is 2.31. The van der Waals surface area contributed by atoms with E-state index in [1.54, 1.807) is 6.20 Å². The molecule has 2 heterocycles. The quantitative estimate of drug-likeness (QED) is 0.881. The molecule has 1 aromatic heterocycles. The molecule has 138 valence electrons. The molecule has 1 aliphatic carbocycles. The van der Waals surface area contributed by atoms with Gasteiger partial charge in [-0.3, -0.25) is 14.5 Å². The van der Waals surface area contributed by atoms with Crippen LogP contribution in [-0.4, -0.2) is 64.1 Å². The van der Waals surface area contributed by atoms with Crippen molar-refractivity contribution in [1.29, 1.82) is 0 Å². The SMILES string of the molecule is CC(C)C(=O)N1CCN(CC(=O)Nc2ccnn2C2CCCC2)CC1. The van der Waals surface area contributed by atoms with Gasteiger partial charge in [-0.1, -0.05) is 26.7 Å². The van der Waals surface area contributed by atoms with E-state index < -0.39 is 0 Å². The van der Waals surface area contributed by atoms with Crippen molar-refractivity contribution in [3.05, 3.63) is 12.3 Å². The smallest absolute Gasteiger partial charge is 0.239 e. The highest BCUT2D eigenvalue weighted by atomic mass is 16.2. The summed E-state index contributed by atoms with van der Waals surface area (Å²) in [5, 5.41) is 7.39. The van der Waals surface area contributed by atoms with E-state index >= 15 is 0 Å². The number of hydrogen-bond acceptors (Lipinski definition) is 4. The van der Waals surface area contributed by atoms with Crippen LogP contribution in [-0.2, 0) is 9.59 Å². The molecule has 1 aliphatic heterocycles. The topological polar surface area (TPSA) is 70.5 Å². The van der Waals surface area contributed by atoms with Crippen LogP contribution in [0.5, 0.6) is 0 Å². The second-order valence-corrected chi connectivity index (χ2v) is 7.40. The third-order valence-corrected chi connectivity index (χ3v) is 5.15. The lowest BCUT2D eigenvalue weighted by molar-refractivity contribution is -0.136. The highest BCUT2D eigenvalue weighted by molar-refractivity contribution is 5.91. The van der Waals surface area contributed by atoms with E-state index in [1.165, 1.54) is 12.8 Å². The average Bonchev–Trinajstić information content (AvgIpc) is 3.25. The number of aromatic nitrogens is 2. The summed E-state index contributed by atoms with van der Waals surface area (Å²) in [5.41, 5.74) is 0. The van der Waals surface area contributed by atoms with Crippen molar-refractivity contribution in [3.63, 3.8) is 0 Å². The molecule has 0 bridgehead atoms. The third kappa shape index (κ3) is 4.39. The van der Waals surface area contributed by atoms with Crippen molar-refractivity contribution in [2.45, 2.75) is 45.6 Å². The summed E-state index contributed by atoms with van der Waals surface area (Å²) in [6.45, 7) is 7.10. The van der Waals surface area contributed by atoms with Crippen molar-refractivity contribution >= 4 is 17.6 Å². The monoisotopic (exact) mass is 347 g/mol. The fourth-order valence-corrected chi connectivity index (χ4v) is 3.73. The molecule has 7 heteroatoms. The second kappa shape index (κ2) is 7.99. The molecule has 25 heavy (non-hydrogen) atoms. The number of nitrogens with one attached hydrogen (secondary N) is 1. The molecule has 7 nitrogen and oxygen atoms in total. The number of nitrogens with zero attached hydrogens (tertiary/aromatic N) is 4. The van der Waals surface area contributed by atoms with Crippen LogP contribution in [0, 0.1) is 5.92 Å². The van der Waals surface area contributed by atoms with Crippen LogP contribution in [0.2, 0.25) is 0 Å². The second-order valence-electron chi connectivity index (χ2n) is 7.40. The molecule has 3 rings (SSSR count). The molecule has 0 radical (unpaired) electrons. The molecule has 1 saturated carbocycles. The van der Waals surface area contributed by atoms with Gasteiger partial charge in [-0.05, 0) is 12.8 Å². The zero-order valence-electron chi connectivity index (χ0n) is 15.3. The Labute approximate surface area is 149 Å². The first kappa shape index (κ1) is 17.9. The van der Waals surface area contributed by atoms with Crippen molar-refractivity contribution < 1.29 is 9.59 Å². The van der Waals surface area contributed by atoms with Gasteiger partial charge in [0.15, 0.2) is 0 Å². The zero-order chi connectivity index (χ0) is 17.8. The van der Waals surface area contributed by atoms with Crippen LogP contribution in [0.4, 0.5) is 5.82 Å². The lowest BCUT2D eigenvalue weighted by Gasteiger charge is -2.35. The van der Waals surface area contributed by atoms with E-state index in [9.17, 15) is 9.59 Å². The van der Waals surface area contributed by atoms with E-state index in [0.717, 1.165) is 31.7 Å². The maximum Gasteiger partial charge on any atom is 0.239 e. The van der Waals surface area contributed by atoms with Gasteiger partial charge in [-0.2, -0.15) is 5.10 Å². The normalized spacial score (nSPS) is 19.6. The first-order valence-electron chi connectivity index (χ1n) is 9.39. The minimum atomic E-state index is -0.0108. The van der Waals surface area contributed by atoms with E-state index in [1.807, 2.05) is 29.5 Å². The molecular formula is C18H29N5O2. The first-order valence-corrected chi connectivity index (χ1v) is 9.39. The zero-order valence-corrected chi connectivity index (χ0v) is 15.3. The van der Waals surface area contributed by atoms with Gasteiger partial charge in [0.2, 0.25) is 11.8 Å². The van der Waals surface area contributed by atoms with Gasteiger partial charge in [0.05, 0.1) is 18.8 Å². The van der Waals surface area contributed by atoms with Crippen LogP contribution in [0.3, 0.4) is 0 Å². The number of anilines is 1. The molecule has 2 aliphatic rings. The lowest BCUT2D eigenvalue weighted by Crippen LogP contribution is -2.51. The predicted octanol–water partition coefficient (Wildman–Crippen LogP) is 1.74. The molecule has 0 spiro atoms. The number of hydrogen-bond donors (Lipinski definition) is 1. The summed E-state index contributed by atoms with van der Waals surface area (Å²) in [7, 11) is 0. The summed E-state index contributed by atoms with van der Waals surface area (Å²) < 4.78 is 1.96. The molecule has 1 aromatic rings. The van der Waals surface area contributed by atoms with Crippen LogP contribution >= 0.6 is 0 Å². The number of amides is 2. The van der Waals surface area contributed by atoms with Gasteiger partial charge in [-0.25, -0.2) is 4.68 Å². The van der Waals surface area contributed by atoms with E-state index in [4.69, 9.17) is 0 Å². The molecule has 2 fully saturated rings. The third-order valence-electron chi connectivity index (χ3n) is 5.15. The van der Waals surface area contributed by atoms with Gasteiger partial charge in [0.1, 0.15) is 5.82 Å². The van der Waals surface area contributed by atoms with E-state index in [0.29, 0.717) is 25.7 Å². The van der Waals surface area contributed by atoms with Gasteiger partial charge in [0.25, 0.3) is 0 Å². The Kier molecular flexibility index (Phi) is 5.73. The Hall–Kier alpha value is -1.89. The minimum absolute atomic E-state index is 0.0108. The number of rotatable bonds is 5. The molecule has 0 aromatic carbocycles. The van der Waals surface area contributed by atoms with Gasteiger partial charge >= 0.3 is 0 Å². The fourth-order valence-electron chi connectivity index (χ4n) is 3.73. The number of carbonyl (C=O) groups is 2. The number of carbonyl (C=O) groups excluding carboxylic acids is 2. The summed E-state index contributed by atoms with van der Waals surface area (Å²) >= 11 is 0. The first-order chi connectivity index (χ1) is 12.0. The van der Waals surface area contributed by atoms with Gasteiger partial charge in [-0.15, -0.1) is 0 Å². The lowest BCUT2D eigenvalue weighted by atomic mass is 10.1.